The molecule has 3 aromatic rings. The van der Waals surface area contributed by atoms with Crippen molar-refractivity contribution in [3.63, 3.8) is 0 Å². The van der Waals surface area contributed by atoms with Crippen LogP contribution in [0.4, 0.5) is 0 Å². The SMILES string of the molecule is COc1cc(OC)c2c(C)c(CC(=O)N[C@H](Cc3ccc(Cl)cc3)C(=O)[O-])c(=O)oc2c1. The van der Waals surface area contributed by atoms with Gasteiger partial charge in [0.1, 0.15) is 17.1 Å². The second-order valence-electron chi connectivity index (χ2n) is 7.14. The summed E-state index contributed by atoms with van der Waals surface area (Å²) >= 11 is 5.84. The lowest BCUT2D eigenvalue weighted by molar-refractivity contribution is -0.308. The molecule has 0 spiro atoms. The van der Waals surface area contributed by atoms with Gasteiger partial charge in [0.25, 0.3) is 0 Å². The van der Waals surface area contributed by atoms with Crippen LogP contribution in [0.5, 0.6) is 11.5 Å². The van der Waals surface area contributed by atoms with Crippen molar-refractivity contribution in [3.8, 4) is 11.5 Å². The van der Waals surface area contributed by atoms with Gasteiger partial charge in [0.2, 0.25) is 5.91 Å². The first-order valence-corrected chi connectivity index (χ1v) is 10.0. The number of benzene rings is 2. The second kappa shape index (κ2) is 9.74. The first kappa shape index (κ1) is 23.1. The van der Waals surface area contributed by atoms with Crippen LogP contribution in [-0.4, -0.2) is 32.1 Å². The molecule has 0 aliphatic rings. The summed E-state index contributed by atoms with van der Waals surface area (Å²) in [5, 5.41) is 15.0. The van der Waals surface area contributed by atoms with Gasteiger partial charge in [-0.3, -0.25) is 4.79 Å². The van der Waals surface area contributed by atoms with Crippen LogP contribution in [0.1, 0.15) is 16.7 Å². The van der Waals surface area contributed by atoms with Crippen molar-refractivity contribution in [3.05, 3.63) is 68.5 Å². The highest BCUT2D eigenvalue weighted by Gasteiger charge is 2.21. The fraction of sp³-hybridized carbons (Fsp3) is 0.261. The summed E-state index contributed by atoms with van der Waals surface area (Å²) in [5.74, 6) is -1.24. The minimum absolute atomic E-state index is 0.00414. The average Bonchev–Trinajstić information content (AvgIpc) is 2.76. The molecular weight excluding hydrogens is 438 g/mol. The topological polar surface area (TPSA) is 118 Å². The Hall–Kier alpha value is -3.52. The van der Waals surface area contributed by atoms with Gasteiger partial charge in [-0.1, -0.05) is 23.7 Å². The number of ether oxygens (including phenoxy) is 2. The lowest BCUT2D eigenvalue weighted by Gasteiger charge is -2.20. The van der Waals surface area contributed by atoms with Crippen molar-refractivity contribution < 1.29 is 28.6 Å². The number of hydrogen-bond acceptors (Lipinski definition) is 7. The Bertz CT molecular complexity index is 1220. The molecule has 0 aliphatic carbocycles. The molecular formula is C23H21ClNO7-. The standard InChI is InChI=1S/C23H22ClNO7/c1-12-16(23(29)32-19-10-15(30-2)9-18(31-3)21(12)19)11-20(26)25-17(22(27)28)8-13-4-6-14(24)7-5-13/h4-7,9-10,17H,8,11H2,1-3H3,(H,25,26)(H,27,28)/p-1/t17-/m1/s1. The second-order valence-corrected chi connectivity index (χ2v) is 7.58. The monoisotopic (exact) mass is 458 g/mol. The van der Waals surface area contributed by atoms with Crippen molar-refractivity contribution in [1.82, 2.24) is 5.32 Å². The first-order chi connectivity index (χ1) is 15.2. The molecule has 1 aromatic heterocycles. The minimum atomic E-state index is -1.44. The Labute approximate surface area is 188 Å². The van der Waals surface area contributed by atoms with Crippen LogP contribution in [0.15, 0.2) is 45.6 Å². The van der Waals surface area contributed by atoms with E-state index in [1.165, 1.54) is 14.2 Å². The van der Waals surface area contributed by atoms with Crippen LogP contribution < -0.4 is 25.5 Å². The van der Waals surface area contributed by atoms with Crippen LogP contribution >= 0.6 is 11.6 Å². The van der Waals surface area contributed by atoms with Crippen LogP contribution in [0.2, 0.25) is 5.02 Å². The summed E-state index contributed by atoms with van der Waals surface area (Å²) in [6, 6.07) is 8.47. The minimum Gasteiger partial charge on any atom is -0.548 e. The third kappa shape index (κ3) is 5.03. The van der Waals surface area contributed by atoms with Crippen molar-refractivity contribution in [2.45, 2.75) is 25.8 Å². The molecule has 1 N–H and O–H groups in total. The van der Waals surface area contributed by atoms with Gasteiger partial charge in [-0.05, 0) is 36.6 Å². The molecule has 0 fully saturated rings. The fourth-order valence-corrected chi connectivity index (χ4v) is 3.55. The summed E-state index contributed by atoms with van der Waals surface area (Å²) in [4.78, 5) is 36.7. The van der Waals surface area contributed by atoms with Gasteiger partial charge in [-0.25, -0.2) is 4.79 Å². The van der Waals surface area contributed by atoms with Crippen LogP contribution in [0.3, 0.4) is 0 Å². The molecule has 168 valence electrons. The molecule has 0 aliphatic heterocycles. The van der Waals surface area contributed by atoms with E-state index in [-0.39, 0.29) is 24.0 Å². The number of methoxy groups -OCH3 is 2. The molecule has 8 nitrogen and oxygen atoms in total. The van der Waals surface area contributed by atoms with Crippen LogP contribution in [0, 0.1) is 6.92 Å². The van der Waals surface area contributed by atoms with E-state index in [1.54, 1.807) is 43.3 Å². The number of amides is 1. The zero-order valence-corrected chi connectivity index (χ0v) is 18.4. The quantitative estimate of drug-likeness (QED) is 0.511. The predicted molar refractivity (Wildman–Crippen MR) is 116 cm³/mol. The van der Waals surface area contributed by atoms with Gasteiger partial charge in [0.15, 0.2) is 0 Å². The fourth-order valence-electron chi connectivity index (χ4n) is 3.42. The zero-order valence-electron chi connectivity index (χ0n) is 17.7. The Kier molecular flexibility index (Phi) is 7.05. The molecule has 1 atom stereocenters. The third-order valence-electron chi connectivity index (χ3n) is 5.08. The van der Waals surface area contributed by atoms with Gasteiger partial charge in [0.05, 0.1) is 43.6 Å². The van der Waals surface area contributed by atoms with Gasteiger partial charge >= 0.3 is 5.63 Å². The van der Waals surface area contributed by atoms with Crippen molar-refractivity contribution in [1.29, 1.82) is 0 Å². The largest absolute Gasteiger partial charge is 0.548 e. The van der Waals surface area contributed by atoms with Crippen molar-refractivity contribution in [2.24, 2.45) is 0 Å². The van der Waals surface area contributed by atoms with Gasteiger partial charge in [-0.2, -0.15) is 0 Å². The lowest BCUT2D eigenvalue weighted by atomic mass is 10.0. The molecule has 1 heterocycles. The maximum atomic E-state index is 12.6. The van der Waals surface area contributed by atoms with Crippen molar-refractivity contribution >= 4 is 34.4 Å². The Morgan fingerprint density at radius 2 is 1.84 bits per heavy atom. The summed E-state index contributed by atoms with van der Waals surface area (Å²) in [6.45, 7) is 1.67. The number of rotatable bonds is 8. The number of hydrogen-bond donors (Lipinski definition) is 1. The zero-order chi connectivity index (χ0) is 23.4. The number of aryl methyl sites for hydroxylation is 1. The number of fused-ring (bicyclic) bond motifs is 1. The Balaban J connectivity index is 1.87. The normalized spacial score (nSPS) is 11.8. The van der Waals surface area contributed by atoms with E-state index in [1.807, 2.05) is 0 Å². The van der Waals surface area contributed by atoms with Crippen LogP contribution in [-0.2, 0) is 22.4 Å². The van der Waals surface area contributed by atoms with Crippen molar-refractivity contribution in [2.75, 3.05) is 14.2 Å². The molecule has 0 saturated carbocycles. The number of aliphatic carboxylic acids is 1. The maximum Gasteiger partial charge on any atom is 0.340 e. The predicted octanol–water partition coefficient (Wildman–Crippen LogP) is 1.79. The Morgan fingerprint density at radius 1 is 1.16 bits per heavy atom. The van der Waals surface area contributed by atoms with E-state index in [0.717, 1.165) is 0 Å². The molecule has 0 saturated heterocycles. The van der Waals surface area contributed by atoms with Gasteiger partial charge in [-0.15, -0.1) is 0 Å². The van der Waals surface area contributed by atoms with E-state index in [4.69, 9.17) is 25.5 Å². The number of carboxylic acid groups (broad SMARTS) is 1. The summed E-state index contributed by atoms with van der Waals surface area (Å²) in [6.07, 6.45) is -0.367. The number of nitrogens with one attached hydrogen (secondary N) is 1. The summed E-state index contributed by atoms with van der Waals surface area (Å²) in [7, 11) is 2.94. The molecule has 9 heteroatoms. The van der Waals surface area contributed by atoms with E-state index in [0.29, 0.717) is 33.0 Å². The molecule has 1 amide bonds. The number of carboxylic acids is 1. The smallest absolute Gasteiger partial charge is 0.340 e. The van der Waals surface area contributed by atoms with Crippen LogP contribution in [0.25, 0.3) is 11.0 Å². The highest BCUT2D eigenvalue weighted by Crippen LogP contribution is 2.33. The maximum absolute atomic E-state index is 12.6. The number of carbonyl (C=O) groups is 2. The highest BCUT2D eigenvalue weighted by atomic mass is 35.5. The summed E-state index contributed by atoms with van der Waals surface area (Å²) < 4.78 is 16.0. The van der Waals surface area contributed by atoms with E-state index < -0.39 is 23.5 Å². The van der Waals surface area contributed by atoms with E-state index >= 15 is 0 Å². The van der Waals surface area contributed by atoms with Gasteiger partial charge < -0.3 is 29.1 Å². The highest BCUT2D eigenvalue weighted by molar-refractivity contribution is 6.30. The van der Waals surface area contributed by atoms with E-state index in [9.17, 15) is 19.5 Å². The molecule has 0 bridgehead atoms. The average molecular weight is 459 g/mol. The first-order valence-electron chi connectivity index (χ1n) is 9.66. The van der Waals surface area contributed by atoms with Gasteiger partial charge in [0, 0.05) is 17.2 Å². The third-order valence-corrected chi connectivity index (χ3v) is 5.33. The molecule has 0 unspecified atom stereocenters. The molecule has 3 rings (SSSR count). The number of carbonyl (C=O) groups excluding carboxylic acids is 2. The van der Waals surface area contributed by atoms with E-state index in [2.05, 4.69) is 5.32 Å². The summed E-state index contributed by atoms with van der Waals surface area (Å²) in [5.41, 5.74) is 0.797. The molecule has 2 aromatic carbocycles. The molecule has 0 radical (unpaired) electrons. The Morgan fingerprint density at radius 3 is 2.44 bits per heavy atom. The lowest BCUT2D eigenvalue weighted by Crippen LogP contribution is -2.49. The molecule has 32 heavy (non-hydrogen) atoms. The number of halogens is 1.